The SMILES string of the molecule is CCN(CC)CCN(C(=O)c1ccc(S(=O)(=O)N2CCCCCC2)cc1)c1nc2ccc(SC)cc2s1. The Kier molecular flexibility index (Phi) is 9.63. The summed E-state index contributed by atoms with van der Waals surface area (Å²) in [5.41, 5.74) is 1.33. The number of aromatic nitrogens is 1. The van der Waals surface area contributed by atoms with Crippen LogP contribution in [0.3, 0.4) is 0 Å². The number of nitrogens with zero attached hydrogens (tertiary/aromatic N) is 4. The van der Waals surface area contributed by atoms with Gasteiger partial charge in [0.05, 0.1) is 15.1 Å². The van der Waals surface area contributed by atoms with Crippen LogP contribution in [-0.4, -0.2) is 74.0 Å². The third kappa shape index (κ3) is 6.54. The van der Waals surface area contributed by atoms with Crippen molar-refractivity contribution in [3.63, 3.8) is 0 Å². The summed E-state index contributed by atoms with van der Waals surface area (Å²) >= 11 is 3.19. The zero-order valence-electron chi connectivity index (χ0n) is 21.9. The number of thioether (sulfide) groups is 1. The quantitative estimate of drug-likeness (QED) is 0.302. The fourth-order valence-electron chi connectivity index (χ4n) is 4.56. The number of carbonyl (C=O) groups is 1. The lowest BCUT2D eigenvalue weighted by molar-refractivity contribution is 0.0983. The third-order valence-electron chi connectivity index (χ3n) is 6.90. The molecule has 0 atom stereocenters. The van der Waals surface area contributed by atoms with E-state index in [1.807, 2.05) is 18.4 Å². The molecular formula is C27H36N4O3S3. The molecule has 200 valence electrons. The van der Waals surface area contributed by atoms with Crippen LogP contribution in [0.4, 0.5) is 5.13 Å². The molecule has 0 aliphatic carbocycles. The first kappa shape index (κ1) is 28.0. The predicted octanol–water partition coefficient (Wildman–Crippen LogP) is 5.57. The molecule has 0 unspecified atom stereocenters. The van der Waals surface area contributed by atoms with Crippen LogP contribution in [0.2, 0.25) is 0 Å². The highest BCUT2D eigenvalue weighted by atomic mass is 32.2. The third-order valence-corrected chi connectivity index (χ3v) is 10.6. The number of anilines is 1. The molecule has 1 fully saturated rings. The Labute approximate surface area is 228 Å². The molecule has 7 nitrogen and oxygen atoms in total. The molecule has 1 aliphatic heterocycles. The minimum Gasteiger partial charge on any atom is -0.302 e. The summed E-state index contributed by atoms with van der Waals surface area (Å²) in [6, 6.07) is 12.6. The maximum Gasteiger partial charge on any atom is 0.260 e. The van der Waals surface area contributed by atoms with Gasteiger partial charge < -0.3 is 4.90 Å². The van der Waals surface area contributed by atoms with Gasteiger partial charge in [0.2, 0.25) is 10.0 Å². The molecule has 0 spiro atoms. The summed E-state index contributed by atoms with van der Waals surface area (Å²) in [6.45, 7) is 8.37. The maximum atomic E-state index is 13.8. The Morgan fingerprint density at radius 2 is 1.68 bits per heavy atom. The van der Waals surface area contributed by atoms with Gasteiger partial charge in [0.25, 0.3) is 5.91 Å². The van der Waals surface area contributed by atoms with Crippen molar-refractivity contribution >= 4 is 54.4 Å². The molecule has 0 radical (unpaired) electrons. The Morgan fingerprint density at radius 1 is 1.00 bits per heavy atom. The van der Waals surface area contributed by atoms with Crippen molar-refractivity contribution in [3.05, 3.63) is 48.0 Å². The van der Waals surface area contributed by atoms with Gasteiger partial charge in [-0.25, -0.2) is 13.4 Å². The number of carbonyl (C=O) groups excluding carboxylic acids is 1. The molecule has 1 aliphatic rings. The summed E-state index contributed by atoms with van der Waals surface area (Å²) in [4.78, 5) is 23.9. The maximum absolute atomic E-state index is 13.8. The van der Waals surface area contributed by atoms with E-state index in [2.05, 4.69) is 24.8 Å². The number of amides is 1. The van der Waals surface area contributed by atoms with Crippen LogP contribution < -0.4 is 4.90 Å². The summed E-state index contributed by atoms with van der Waals surface area (Å²) in [6.07, 6.45) is 5.94. The number of sulfonamides is 1. The van der Waals surface area contributed by atoms with E-state index in [0.717, 1.165) is 60.4 Å². The average Bonchev–Trinajstić information content (AvgIpc) is 3.13. The first-order valence-corrected chi connectivity index (χ1v) is 16.4. The number of thiazole rings is 1. The highest BCUT2D eigenvalue weighted by molar-refractivity contribution is 7.98. The van der Waals surface area contributed by atoms with E-state index in [1.165, 1.54) is 11.3 Å². The Balaban J connectivity index is 1.61. The summed E-state index contributed by atoms with van der Waals surface area (Å²) < 4.78 is 29.0. The number of rotatable bonds is 10. The van der Waals surface area contributed by atoms with Crippen molar-refractivity contribution in [1.82, 2.24) is 14.2 Å². The van der Waals surface area contributed by atoms with Gasteiger partial charge in [0.15, 0.2) is 5.13 Å². The van der Waals surface area contributed by atoms with Gasteiger partial charge in [0, 0.05) is 36.6 Å². The molecule has 2 aromatic carbocycles. The molecule has 1 amide bonds. The van der Waals surface area contributed by atoms with Crippen LogP contribution >= 0.6 is 23.1 Å². The first-order chi connectivity index (χ1) is 17.9. The molecule has 4 rings (SSSR count). The fourth-order valence-corrected chi connectivity index (χ4v) is 7.62. The van der Waals surface area contributed by atoms with Crippen LogP contribution in [0.25, 0.3) is 10.2 Å². The standard InChI is InChI=1S/C27H36N4O3S3/c1-4-29(5-2)18-19-31(27-28-24-15-12-22(35-3)20-25(24)36-27)26(32)21-10-13-23(14-11-21)37(33,34)30-16-8-6-7-9-17-30/h10-15,20H,4-9,16-19H2,1-3H3. The number of fused-ring (bicyclic) bond motifs is 1. The van der Waals surface area contributed by atoms with Gasteiger partial charge in [-0.05, 0) is 74.7 Å². The minimum atomic E-state index is -3.56. The zero-order chi connectivity index (χ0) is 26.4. The highest BCUT2D eigenvalue weighted by Gasteiger charge is 2.27. The molecular weight excluding hydrogens is 525 g/mol. The predicted molar refractivity (Wildman–Crippen MR) is 155 cm³/mol. The van der Waals surface area contributed by atoms with Gasteiger partial charge in [-0.2, -0.15) is 4.31 Å². The normalized spacial score (nSPS) is 15.2. The van der Waals surface area contributed by atoms with E-state index in [1.54, 1.807) is 45.2 Å². The van der Waals surface area contributed by atoms with E-state index in [0.29, 0.717) is 30.3 Å². The molecule has 1 saturated heterocycles. The van der Waals surface area contributed by atoms with E-state index < -0.39 is 10.0 Å². The Bertz CT molecular complexity index is 1300. The largest absolute Gasteiger partial charge is 0.302 e. The van der Waals surface area contributed by atoms with Crippen LogP contribution in [0.5, 0.6) is 0 Å². The lowest BCUT2D eigenvalue weighted by atomic mass is 10.2. The minimum absolute atomic E-state index is 0.171. The lowest BCUT2D eigenvalue weighted by Crippen LogP contribution is -2.39. The molecule has 2 heterocycles. The van der Waals surface area contributed by atoms with E-state index in [9.17, 15) is 13.2 Å². The van der Waals surface area contributed by atoms with Crippen LogP contribution in [0, 0.1) is 0 Å². The highest BCUT2D eigenvalue weighted by Crippen LogP contribution is 2.32. The van der Waals surface area contributed by atoms with E-state index in [-0.39, 0.29) is 10.8 Å². The van der Waals surface area contributed by atoms with Gasteiger partial charge in [-0.15, -0.1) is 11.8 Å². The van der Waals surface area contributed by atoms with Crippen molar-refractivity contribution < 1.29 is 13.2 Å². The van der Waals surface area contributed by atoms with Crippen LogP contribution in [-0.2, 0) is 10.0 Å². The van der Waals surface area contributed by atoms with Crippen molar-refractivity contribution in [2.45, 2.75) is 49.3 Å². The van der Waals surface area contributed by atoms with Gasteiger partial charge in [-0.3, -0.25) is 9.69 Å². The number of likely N-dealkylation sites (N-methyl/N-ethyl adjacent to an activating group) is 1. The van der Waals surface area contributed by atoms with Crippen molar-refractivity contribution in [1.29, 1.82) is 0 Å². The fraction of sp³-hybridized carbons (Fsp3) is 0.481. The van der Waals surface area contributed by atoms with Gasteiger partial charge >= 0.3 is 0 Å². The molecule has 37 heavy (non-hydrogen) atoms. The Hall–Kier alpha value is -1.98. The average molecular weight is 561 g/mol. The number of benzene rings is 2. The first-order valence-electron chi connectivity index (χ1n) is 13.0. The second-order valence-electron chi connectivity index (χ2n) is 9.16. The van der Waals surface area contributed by atoms with E-state index >= 15 is 0 Å². The summed E-state index contributed by atoms with van der Waals surface area (Å²) in [5, 5.41) is 0.659. The van der Waals surface area contributed by atoms with Crippen molar-refractivity contribution in [2.75, 3.05) is 50.4 Å². The van der Waals surface area contributed by atoms with Crippen LogP contribution in [0.1, 0.15) is 49.9 Å². The van der Waals surface area contributed by atoms with Crippen molar-refractivity contribution in [3.8, 4) is 0 Å². The van der Waals surface area contributed by atoms with Crippen LogP contribution in [0.15, 0.2) is 52.3 Å². The van der Waals surface area contributed by atoms with E-state index in [4.69, 9.17) is 4.98 Å². The second-order valence-corrected chi connectivity index (χ2v) is 13.0. The second kappa shape index (κ2) is 12.7. The summed E-state index contributed by atoms with van der Waals surface area (Å²) in [5.74, 6) is -0.171. The topological polar surface area (TPSA) is 73.8 Å². The lowest BCUT2D eigenvalue weighted by Gasteiger charge is -2.25. The molecule has 1 aromatic heterocycles. The zero-order valence-corrected chi connectivity index (χ0v) is 24.3. The molecule has 10 heteroatoms. The molecule has 3 aromatic rings. The molecule has 0 saturated carbocycles. The monoisotopic (exact) mass is 560 g/mol. The van der Waals surface area contributed by atoms with Gasteiger partial charge in [0.1, 0.15) is 0 Å². The van der Waals surface area contributed by atoms with Crippen molar-refractivity contribution in [2.24, 2.45) is 0 Å². The van der Waals surface area contributed by atoms with Gasteiger partial charge in [-0.1, -0.05) is 38.0 Å². The molecule has 0 N–H and O–H groups in total. The number of hydrogen-bond donors (Lipinski definition) is 0. The molecule has 0 bridgehead atoms. The smallest absolute Gasteiger partial charge is 0.260 e. The summed E-state index contributed by atoms with van der Waals surface area (Å²) in [7, 11) is -3.56. The number of hydrogen-bond acceptors (Lipinski definition) is 7. The Morgan fingerprint density at radius 3 is 2.30 bits per heavy atom.